The van der Waals surface area contributed by atoms with E-state index in [0.29, 0.717) is 5.92 Å². The summed E-state index contributed by atoms with van der Waals surface area (Å²) in [5.74, 6) is 0.681. The predicted octanol–water partition coefficient (Wildman–Crippen LogP) is 2.15. The Bertz CT molecular complexity index is 56.5. The molecule has 0 aromatic carbocycles. The number of hydrogen-bond donors (Lipinski definition) is 1. The van der Waals surface area contributed by atoms with E-state index in [4.69, 9.17) is 4.74 Å². The van der Waals surface area contributed by atoms with Crippen molar-refractivity contribution in [3.05, 3.63) is 0 Å². The first-order valence-electron chi connectivity index (χ1n) is 4.48. The first kappa shape index (κ1) is 13.5. The van der Waals surface area contributed by atoms with E-state index in [1.165, 1.54) is 6.42 Å². The van der Waals surface area contributed by atoms with Crippen molar-refractivity contribution in [1.29, 1.82) is 0 Å². The summed E-state index contributed by atoms with van der Waals surface area (Å²) in [6, 6.07) is 0. The molecular formula is C9H25NO. The molecule has 0 aliphatic rings. The molecule has 0 bridgehead atoms. The van der Waals surface area contributed by atoms with E-state index >= 15 is 0 Å². The molecule has 0 saturated carbocycles. The first-order valence-corrected chi connectivity index (χ1v) is 4.48. The van der Waals surface area contributed by atoms with Crippen LogP contribution in [0.5, 0.6) is 0 Å². The van der Waals surface area contributed by atoms with Gasteiger partial charge < -0.3 is 10.1 Å². The van der Waals surface area contributed by atoms with Gasteiger partial charge in [0.05, 0.1) is 6.61 Å². The lowest BCUT2D eigenvalue weighted by Crippen LogP contribution is -2.21. The lowest BCUT2D eigenvalue weighted by Gasteiger charge is -2.11. The highest BCUT2D eigenvalue weighted by Gasteiger charge is 2.01. The summed E-state index contributed by atoms with van der Waals surface area (Å²) in [6.45, 7) is 8.11. The van der Waals surface area contributed by atoms with E-state index in [9.17, 15) is 0 Å². The molecule has 0 spiro atoms. The second kappa shape index (κ2) is 12.6. The van der Waals surface area contributed by atoms with Gasteiger partial charge in [-0.1, -0.05) is 20.8 Å². The van der Waals surface area contributed by atoms with Crippen LogP contribution in [-0.4, -0.2) is 27.3 Å². The SMILES string of the molecule is CC.CCC(CNC)COC.[HH]. The largest absolute Gasteiger partial charge is 0.384 e. The maximum Gasteiger partial charge on any atom is 0.0502 e. The molecular weight excluding hydrogens is 138 g/mol. The first-order chi connectivity index (χ1) is 5.35. The number of nitrogens with one attached hydrogen (secondary N) is 1. The molecule has 72 valence electrons. The molecule has 2 nitrogen and oxygen atoms in total. The zero-order valence-corrected chi connectivity index (χ0v) is 8.61. The van der Waals surface area contributed by atoms with Crippen LogP contribution in [0.2, 0.25) is 0 Å². The summed E-state index contributed by atoms with van der Waals surface area (Å²) < 4.78 is 5.01. The van der Waals surface area contributed by atoms with Gasteiger partial charge >= 0.3 is 0 Å². The second-order valence-electron chi connectivity index (χ2n) is 2.29. The van der Waals surface area contributed by atoms with E-state index in [1.807, 2.05) is 20.9 Å². The van der Waals surface area contributed by atoms with Crippen molar-refractivity contribution in [2.24, 2.45) is 5.92 Å². The molecule has 0 saturated heterocycles. The molecule has 0 radical (unpaired) electrons. The Morgan fingerprint density at radius 1 is 1.45 bits per heavy atom. The van der Waals surface area contributed by atoms with Gasteiger partial charge in [0, 0.05) is 8.54 Å². The fourth-order valence-corrected chi connectivity index (χ4v) is 0.845. The zero-order valence-electron chi connectivity index (χ0n) is 8.61. The minimum atomic E-state index is 0. The predicted molar refractivity (Wildman–Crippen MR) is 53.0 cm³/mol. The van der Waals surface area contributed by atoms with Crippen molar-refractivity contribution < 1.29 is 6.16 Å². The van der Waals surface area contributed by atoms with Crippen molar-refractivity contribution in [1.82, 2.24) is 5.32 Å². The van der Waals surface area contributed by atoms with Crippen LogP contribution >= 0.6 is 0 Å². The van der Waals surface area contributed by atoms with Crippen LogP contribution in [-0.2, 0) is 4.74 Å². The van der Waals surface area contributed by atoms with Crippen LogP contribution in [0.25, 0.3) is 0 Å². The molecule has 2 heteroatoms. The van der Waals surface area contributed by atoms with Gasteiger partial charge in [0.2, 0.25) is 0 Å². The Morgan fingerprint density at radius 2 is 2.00 bits per heavy atom. The van der Waals surface area contributed by atoms with Crippen molar-refractivity contribution in [3.63, 3.8) is 0 Å². The summed E-state index contributed by atoms with van der Waals surface area (Å²) in [6.07, 6.45) is 1.19. The lowest BCUT2D eigenvalue weighted by molar-refractivity contribution is 0.150. The maximum absolute atomic E-state index is 5.01. The highest BCUT2D eigenvalue weighted by Crippen LogP contribution is 1.99. The van der Waals surface area contributed by atoms with Crippen molar-refractivity contribution in [2.75, 3.05) is 27.3 Å². The van der Waals surface area contributed by atoms with Crippen LogP contribution in [0.15, 0.2) is 0 Å². The molecule has 0 rings (SSSR count). The van der Waals surface area contributed by atoms with E-state index in [2.05, 4.69) is 12.2 Å². The molecule has 1 atom stereocenters. The average molecular weight is 163 g/mol. The standard InChI is InChI=1S/C7H17NO.C2H6.H2/c1-4-7(5-8-2)6-9-3;1-2;/h7-8H,4-6H2,1-3H3;1-2H3;1H. The minimum Gasteiger partial charge on any atom is -0.384 e. The topological polar surface area (TPSA) is 21.3 Å². The van der Waals surface area contributed by atoms with Crippen LogP contribution in [0.1, 0.15) is 28.6 Å². The van der Waals surface area contributed by atoms with Crippen molar-refractivity contribution in [2.45, 2.75) is 27.2 Å². The van der Waals surface area contributed by atoms with Gasteiger partial charge in [-0.25, -0.2) is 0 Å². The Hall–Kier alpha value is -0.0800. The minimum absolute atomic E-state index is 0. The van der Waals surface area contributed by atoms with E-state index < -0.39 is 0 Å². The number of ether oxygens (including phenoxy) is 1. The summed E-state index contributed by atoms with van der Waals surface area (Å²) in [5.41, 5.74) is 0. The quantitative estimate of drug-likeness (QED) is 0.670. The molecule has 0 aliphatic heterocycles. The Labute approximate surface area is 72.8 Å². The Morgan fingerprint density at radius 3 is 2.27 bits per heavy atom. The molecule has 0 fully saturated rings. The van der Waals surface area contributed by atoms with Gasteiger partial charge in [-0.2, -0.15) is 0 Å². The molecule has 0 aromatic heterocycles. The second-order valence-corrected chi connectivity index (χ2v) is 2.29. The smallest absolute Gasteiger partial charge is 0.0502 e. The molecule has 11 heavy (non-hydrogen) atoms. The number of hydrogen-bond acceptors (Lipinski definition) is 2. The fraction of sp³-hybridized carbons (Fsp3) is 1.00. The average Bonchev–Trinajstić information content (AvgIpc) is 2.08. The van der Waals surface area contributed by atoms with Crippen molar-refractivity contribution >= 4 is 0 Å². The number of methoxy groups -OCH3 is 1. The summed E-state index contributed by atoms with van der Waals surface area (Å²) in [4.78, 5) is 0. The fourth-order valence-electron chi connectivity index (χ4n) is 0.845. The van der Waals surface area contributed by atoms with Gasteiger partial charge in [-0.05, 0) is 25.9 Å². The van der Waals surface area contributed by atoms with Crippen LogP contribution in [0, 0.1) is 5.92 Å². The molecule has 0 aromatic rings. The Kier molecular flexibility index (Phi) is 15.4. The van der Waals surface area contributed by atoms with E-state index in [1.54, 1.807) is 7.11 Å². The lowest BCUT2D eigenvalue weighted by atomic mass is 10.1. The van der Waals surface area contributed by atoms with E-state index in [0.717, 1.165) is 13.2 Å². The van der Waals surface area contributed by atoms with Gasteiger partial charge in [-0.3, -0.25) is 0 Å². The van der Waals surface area contributed by atoms with Gasteiger partial charge in [0.1, 0.15) is 0 Å². The molecule has 0 amide bonds. The maximum atomic E-state index is 5.01. The van der Waals surface area contributed by atoms with Gasteiger partial charge in [0.25, 0.3) is 0 Å². The summed E-state index contributed by atoms with van der Waals surface area (Å²) in [7, 11) is 3.72. The zero-order chi connectivity index (χ0) is 9.11. The Balaban J connectivity index is -0.000000249. The number of rotatable bonds is 5. The van der Waals surface area contributed by atoms with Crippen molar-refractivity contribution in [3.8, 4) is 0 Å². The molecule has 0 heterocycles. The third-order valence-electron chi connectivity index (χ3n) is 1.47. The van der Waals surface area contributed by atoms with Crippen LogP contribution < -0.4 is 5.32 Å². The normalized spacial score (nSPS) is 11.7. The highest BCUT2D eigenvalue weighted by molar-refractivity contribution is 4.56. The third-order valence-corrected chi connectivity index (χ3v) is 1.47. The molecule has 0 aliphatic carbocycles. The molecule has 1 unspecified atom stereocenters. The van der Waals surface area contributed by atoms with Crippen LogP contribution in [0.3, 0.4) is 0 Å². The summed E-state index contributed by atoms with van der Waals surface area (Å²) >= 11 is 0. The van der Waals surface area contributed by atoms with E-state index in [-0.39, 0.29) is 1.43 Å². The van der Waals surface area contributed by atoms with Gasteiger partial charge in [-0.15, -0.1) is 0 Å². The monoisotopic (exact) mass is 163 g/mol. The summed E-state index contributed by atoms with van der Waals surface area (Å²) in [5, 5.41) is 3.12. The molecule has 1 N–H and O–H groups in total. The highest BCUT2D eigenvalue weighted by atomic mass is 16.5. The van der Waals surface area contributed by atoms with Crippen LogP contribution in [0.4, 0.5) is 0 Å². The third kappa shape index (κ3) is 9.92. The van der Waals surface area contributed by atoms with Gasteiger partial charge in [0.15, 0.2) is 0 Å².